The van der Waals surface area contributed by atoms with Gasteiger partial charge in [-0.1, -0.05) is 22.9 Å². The van der Waals surface area contributed by atoms with Crippen molar-refractivity contribution in [1.82, 2.24) is 10.3 Å². The van der Waals surface area contributed by atoms with E-state index in [0.717, 1.165) is 17.9 Å². The van der Waals surface area contributed by atoms with Crippen molar-refractivity contribution in [3.05, 3.63) is 29.8 Å². The van der Waals surface area contributed by atoms with Crippen LogP contribution in [0.3, 0.4) is 0 Å². The van der Waals surface area contributed by atoms with Gasteiger partial charge in [0.2, 0.25) is 0 Å². The molecule has 0 aliphatic rings. The molecule has 0 saturated carbocycles. The lowest BCUT2D eigenvalue weighted by atomic mass is 10.1. The Labute approximate surface area is 103 Å². The van der Waals surface area contributed by atoms with Crippen LogP contribution in [-0.2, 0) is 0 Å². The quantitative estimate of drug-likeness (QED) is 0.846. The minimum atomic E-state index is -0.590. The number of rotatable bonds is 5. The molecule has 1 amide bonds. The topological polar surface area (TPSA) is 42.0 Å². The van der Waals surface area contributed by atoms with Crippen molar-refractivity contribution in [1.29, 1.82) is 0 Å². The second kappa shape index (κ2) is 6.58. The number of aromatic nitrogens is 1. The van der Waals surface area contributed by atoms with Gasteiger partial charge in [0.25, 0.3) is 5.91 Å². The highest BCUT2D eigenvalue weighted by molar-refractivity contribution is 9.09. The van der Waals surface area contributed by atoms with Gasteiger partial charge < -0.3 is 5.32 Å². The van der Waals surface area contributed by atoms with Gasteiger partial charge in [0.05, 0.1) is 11.8 Å². The number of hydrogen-bond acceptors (Lipinski definition) is 2. The van der Waals surface area contributed by atoms with Gasteiger partial charge in [-0.25, -0.2) is 4.39 Å². The summed E-state index contributed by atoms with van der Waals surface area (Å²) in [5.41, 5.74) is 0.0426. The maximum absolute atomic E-state index is 13.2. The van der Waals surface area contributed by atoms with Gasteiger partial charge >= 0.3 is 0 Å². The number of nitrogens with one attached hydrogen (secondary N) is 1. The first-order valence-corrected chi connectivity index (χ1v) is 6.21. The molecule has 0 aromatic carbocycles. The molecular weight excluding hydrogens is 275 g/mol. The first-order chi connectivity index (χ1) is 7.65. The third kappa shape index (κ3) is 3.89. The van der Waals surface area contributed by atoms with Crippen LogP contribution in [0.5, 0.6) is 0 Å². The van der Waals surface area contributed by atoms with Crippen molar-refractivity contribution in [2.75, 3.05) is 11.9 Å². The molecule has 0 aliphatic heterocycles. The van der Waals surface area contributed by atoms with E-state index in [1.165, 1.54) is 12.3 Å². The molecule has 0 radical (unpaired) electrons. The van der Waals surface area contributed by atoms with Gasteiger partial charge in [-0.05, 0) is 18.4 Å². The zero-order chi connectivity index (χ0) is 12.0. The highest BCUT2D eigenvalue weighted by atomic mass is 79.9. The molecule has 0 fully saturated rings. The minimum absolute atomic E-state index is 0.0426. The summed E-state index contributed by atoms with van der Waals surface area (Å²) in [6, 6.07) is 1.37. The number of hydrogen-bond donors (Lipinski definition) is 1. The molecule has 1 rings (SSSR count). The Morgan fingerprint density at radius 2 is 2.44 bits per heavy atom. The van der Waals surface area contributed by atoms with Gasteiger partial charge in [0.15, 0.2) is 5.82 Å². The molecule has 0 spiro atoms. The molecule has 5 heteroatoms. The van der Waals surface area contributed by atoms with Crippen molar-refractivity contribution < 1.29 is 9.18 Å². The smallest absolute Gasteiger partial charge is 0.254 e. The van der Waals surface area contributed by atoms with Crippen LogP contribution in [0.4, 0.5) is 4.39 Å². The van der Waals surface area contributed by atoms with E-state index in [1.807, 2.05) is 6.92 Å². The van der Waals surface area contributed by atoms with Crippen LogP contribution in [0.25, 0.3) is 0 Å². The number of pyridine rings is 1. The number of alkyl halides is 1. The molecule has 1 aromatic rings. The van der Waals surface area contributed by atoms with Gasteiger partial charge in [0, 0.05) is 18.1 Å². The maximum atomic E-state index is 13.2. The predicted octanol–water partition coefficient (Wildman–Crippen LogP) is 2.37. The van der Waals surface area contributed by atoms with E-state index in [2.05, 4.69) is 26.2 Å². The minimum Gasteiger partial charge on any atom is -0.352 e. The summed E-state index contributed by atoms with van der Waals surface area (Å²) in [7, 11) is 0. The first-order valence-electron chi connectivity index (χ1n) is 5.08. The molecule has 0 saturated heterocycles. The average Bonchev–Trinajstić information content (AvgIpc) is 2.27. The Morgan fingerprint density at radius 3 is 3.06 bits per heavy atom. The van der Waals surface area contributed by atoms with Crippen LogP contribution in [-0.4, -0.2) is 22.8 Å². The Hall–Kier alpha value is -0.970. The third-order valence-corrected chi connectivity index (χ3v) is 2.69. The summed E-state index contributed by atoms with van der Waals surface area (Å²) in [6.07, 6.45) is 3.41. The van der Waals surface area contributed by atoms with Crippen LogP contribution >= 0.6 is 15.9 Å². The van der Waals surface area contributed by atoms with E-state index in [9.17, 15) is 9.18 Å². The Balaban J connectivity index is 2.50. The molecule has 0 bridgehead atoms. The Bertz CT molecular complexity index is 360. The van der Waals surface area contributed by atoms with E-state index in [4.69, 9.17) is 0 Å². The van der Waals surface area contributed by atoms with Crippen LogP contribution in [0.2, 0.25) is 0 Å². The van der Waals surface area contributed by atoms with Crippen molar-refractivity contribution in [2.24, 2.45) is 5.92 Å². The highest BCUT2D eigenvalue weighted by Gasteiger charge is 2.11. The maximum Gasteiger partial charge on any atom is 0.254 e. The average molecular weight is 289 g/mol. The van der Waals surface area contributed by atoms with Crippen LogP contribution in [0.15, 0.2) is 18.5 Å². The second-order valence-electron chi connectivity index (χ2n) is 3.65. The van der Waals surface area contributed by atoms with Gasteiger partial charge in [0.1, 0.15) is 0 Å². The lowest BCUT2D eigenvalue weighted by Crippen LogP contribution is -2.29. The van der Waals surface area contributed by atoms with Crippen LogP contribution in [0, 0.1) is 11.7 Å². The summed E-state index contributed by atoms with van der Waals surface area (Å²) < 4.78 is 13.2. The Kier molecular flexibility index (Phi) is 5.38. The molecule has 1 atom stereocenters. The van der Waals surface area contributed by atoms with E-state index in [-0.39, 0.29) is 11.5 Å². The fourth-order valence-corrected chi connectivity index (χ4v) is 1.99. The van der Waals surface area contributed by atoms with Crippen LogP contribution in [0.1, 0.15) is 23.7 Å². The molecule has 3 nitrogen and oxygen atoms in total. The number of carbonyl (C=O) groups is 1. The van der Waals surface area contributed by atoms with Crippen molar-refractivity contribution in [3.63, 3.8) is 0 Å². The second-order valence-corrected chi connectivity index (χ2v) is 4.44. The van der Waals surface area contributed by atoms with E-state index in [0.29, 0.717) is 12.5 Å². The largest absolute Gasteiger partial charge is 0.352 e. The number of amides is 1. The van der Waals surface area contributed by atoms with Crippen molar-refractivity contribution >= 4 is 21.8 Å². The fraction of sp³-hybridized carbons (Fsp3) is 0.455. The lowest BCUT2D eigenvalue weighted by Gasteiger charge is -2.11. The predicted molar refractivity (Wildman–Crippen MR) is 64.1 cm³/mol. The van der Waals surface area contributed by atoms with Gasteiger partial charge in [-0.2, -0.15) is 0 Å². The molecule has 1 unspecified atom stereocenters. The number of halogens is 2. The van der Waals surface area contributed by atoms with Crippen molar-refractivity contribution in [2.45, 2.75) is 13.3 Å². The summed E-state index contributed by atoms with van der Waals surface area (Å²) in [6.45, 7) is 2.58. The van der Waals surface area contributed by atoms with Crippen LogP contribution < -0.4 is 5.32 Å². The van der Waals surface area contributed by atoms with E-state index in [1.54, 1.807) is 0 Å². The zero-order valence-electron chi connectivity index (χ0n) is 9.04. The number of carbonyl (C=O) groups excluding carboxylic acids is 1. The Morgan fingerprint density at radius 1 is 1.69 bits per heavy atom. The standard InChI is InChI=1S/C11H14BrFN2O/c1-8(2-4-12)6-15-11(16)9-3-5-14-7-10(9)13/h3,5,7-8H,2,4,6H2,1H3,(H,15,16). The molecular formula is C11H14BrFN2O. The third-order valence-electron chi connectivity index (χ3n) is 2.23. The molecule has 16 heavy (non-hydrogen) atoms. The normalized spacial score (nSPS) is 12.2. The molecule has 88 valence electrons. The molecule has 1 N–H and O–H groups in total. The van der Waals surface area contributed by atoms with E-state index < -0.39 is 5.82 Å². The molecule has 1 aromatic heterocycles. The summed E-state index contributed by atoms with van der Waals surface area (Å²) in [5.74, 6) is -0.609. The summed E-state index contributed by atoms with van der Waals surface area (Å²) in [5, 5.41) is 3.59. The molecule has 0 aliphatic carbocycles. The first kappa shape index (κ1) is 13.1. The number of nitrogens with zero attached hydrogens (tertiary/aromatic N) is 1. The summed E-state index contributed by atoms with van der Waals surface area (Å²) in [4.78, 5) is 15.2. The molecule has 1 heterocycles. The monoisotopic (exact) mass is 288 g/mol. The zero-order valence-corrected chi connectivity index (χ0v) is 10.6. The van der Waals surface area contributed by atoms with Gasteiger partial charge in [-0.15, -0.1) is 0 Å². The van der Waals surface area contributed by atoms with Crippen molar-refractivity contribution in [3.8, 4) is 0 Å². The summed E-state index contributed by atoms with van der Waals surface area (Å²) >= 11 is 3.33. The lowest BCUT2D eigenvalue weighted by molar-refractivity contribution is 0.0943. The highest BCUT2D eigenvalue weighted by Crippen LogP contribution is 2.06. The van der Waals surface area contributed by atoms with E-state index >= 15 is 0 Å². The fourth-order valence-electron chi connectivity index (χ4n) is 1.21. The SMILES string of the molecule is CC(CCBr)CNC(=O)c1ccncc1F. The van der Waals surface area contributed by atoms with Gasteiger partial charge in [-0.3, -0.25) is 9.78 Å².